The maximum atomic E-state index is 12.2. The smallest absolute Gasteiger partial charge is 0.412 e. The number of carbonyl (C=O) groups excluding carboxylic acids is 2. The summed E-state index contributed by atoms with van der Waals surface area (Å²) in [5, 5.41) is 2.74. The largest absolute Gasteiger partial charge is 0.497 e. The van der Waals surface area contributed by atoms with Crippen LogP contribution >= 0.6 is 0 Å². The van der Waals surface area contributed by atoms with Crippen molar-refractivity contribution in [3.63, 3.8) is 0 Å². The zero-order valence-corrected chi connectivity index (χ0v) is 16.5. The quantitative estimate of drug-likeness (QED) is 0.781. The number of nitrogens with one attached hydrogen (secondary N) is 1. The summed E-state index contributed by atoms with van der Waals surface area (Å²) in [6, 6.07) is 10.7. The average Bonchev–Trinajstić information content (AvgIpc) is 2.60. The van der Waals surface area contributed by atoms with Crippen LogP contribution in [0.3, 0.4) is 0 Å². The summed E-state index contributed by atoms with van der Waals surface area (Å²) < 4.78 is 15.4. The Hall–Kier alpha value is -3.02. The number of anilines is 1. The summed E-state index contributed by atoms with van der Waals surface area (Å²) in [5.74, 6) is 0.122. The van der Waals surface area contributed by atoms with Gasteiger partial charge in [0, 0.05) is 5.69 Å². The number of aryl methyl sites for hydroxylation is 1. The molecule has 6 nitrogen and oxygen atoms in total. The number of benzene rings is 2. The number of hydrogen-bond donors (Lipinski definition) is 1. The van der Waals surface area contributed by atoms with Crippen molar-refractivity contribution in [2.75, 3.05) is 19.5 Å². The second kappa shape index (κ2) is 8.12. The maximum absolute atomic E-state index is 12.2. The molecule has 0 aliphatic heterocycles. The second-order valence-corrected chi connectivity index (χ2v) is 7.06. The van der Waals surface area contributed by atoms with E-state index in [4.69, 9.17) is 14.2 Å². The number of carbonyl (C=O) groups is 2. The van der Waals surface area contributed by atoms with Crippen molar-refractivity contribution < 1.29 is 23.8 Å². The molecule has 0 aliphatic carbocycles. The molecule has 0 unspecified atom stereocenters. The molecule has 1 N–H and O–H groups in total. The fraction of sp³-hybridized carbons (Fsp3) is 0.333. The summed E-state index contributed by atoms with van der Waals surface area (Å²) in [6.45, 7) is 7.29. The van der Waals surface area contributed by atoms with Gasteiger partial charge in [-0.25, -0.2) is 9.59 Å². The Labute approximate surface area is 159 Å². The SMILES string of the molecule is COC(=O)c1cc(OC)ccc1-c1ccc(NC(=O)OC(C)(C)C)c(C)c1. The Morgan fingerprint density at radius 3 is 2.26 bits per heavy atom. The lowest BCUT2D eigenvalue weighted by molar-refractivity contribution is 0.0598. The Kier molecular flexibility index (Phi) is 6.10. The first kappa shape index (κ1) is 20.3. The minimum atomic E-state index is -0.573. The Bertz CT molecular complexity index is 852. The summed E-state index contributed by atoms with van der Waals surface area (Å²) in [5.41, 5.74) is 2.85. The summed E-state index contributed by atoms with van der Waals surface area (Å²) in [4.78, 5) is 24.1. The molecule has 0 aromatic heterocycles. The minimum absolute atomic E-state index is 0.407. The molecule has 0 saturated heterocycles. The lowest BCUT2D eigenvalue weighted by Crippen LogP contribution is -2.27. The van der Waals surface area contributed by atoms with Crippen molar-refractivity contribution in [2.45, 2.75) is 33.3 Å². The first-order valence-electron chi connectivity index (χ1n) is 8.52. The third-order valence-corrected chi connectivity index (χ3v) is 3.81. The van der Waals surface area contributed by atoms with Crippen molar-refractivity contribution in [2.24, 2.45) is 0 Å². The van der Waals surface area contributed by atoms with E-state index in [9.17, 15) is 9.59 Å². The highest BCUT2D eigenvalue weighted by molar-refractivity contribution is 5.98. The van der Waals surface area contributed by atoms with Gasteiger partial charge in [0.15, 0.2) is 0 Å². The van der Waals surface area contributed by atoms with Gasteiger partial charge in [0.1, 0.15) is 11.4 Å². The van der Waals surface area contributed by atoms with Gasteiger partial charge in [0.25, 0.3) is 0 Å². The predicted octanol–water partition coefficient (Wildman–Crippen LogP) is 4.80. The number of esters is 1. The third-order valence-electron chi connectivity index (χ3n) is 3.81. The monoisotopic (exact) mass is 371 g/mol. The van der Waals surface area contributed by atoms with E-state index >= 15 is 0 Å². The molecule has 2 aromatic carbocycles. The van der Waals surface area contributed by atoms with Gasteiger partial charge < -0.3 is 14.2 Å². The molecule has 2 aromatic rings. The lowest BCUT2D eigenvalue weighted by Gasteiger charge is -2.20. The van der Waals surface area contributed by atoms with Crippen LogP contribution in [0, 0.1) is 6.92 Å². The Morgan fingerprint density at radius 1 is 1.00 bits per heavy atom. The molecule has 0 saturated carbocycles. The van der Waals surface area contributed by atoms with Gasteiger partial charge in [0.2, 0.25) is 0 Å². The van der Waals surface area contributed by atoms with E-state index in [2.05, 4.69) is 5.32 Å². The Balaban J connectivity index is 2.35. The molecule has 0 radical (unpaired) electrons. The first-order valence-corrected chi connectivity index (χ1v) is 8.52. The van der Waals surface area contributed by atoms with E-state index in [0.717, 1.165) is 16.7 Å². The van der Waals surface area contributed by atoms with Gasteiger partial charge in [-0.2, -0.15) is 0 Å². The van der Waals surface area contributed by atoms with Crippen LogP contribution in [-0.4, -0.2) is 31.9 Å². The molecular formula is C21H25NO5. The molecule has 0 bridgehead atoms. The minimum Gasteiger partial charge on any atom is -0.497 e. The average molecular weight is 371 g/mol. The van der Waals surface area contributed by atoms with Crippen LogP contribution in [0.1, 0.15) is 36.7 Å². The van der Waals surface area contributed by atoms with Gasteiger partial charge in [-0.3, -0.25) is 5.32 Å². The fourth-order valence-electron chi connectivity index (χ4n) is 2.57. The molecule has 1 amide bonds. The first-order chi connectivity index (χ1) is 12.6. The summed E-state index contributed by atoms with van der Waals surface area (Å²) in [6.07, 6.45) is -0.516. The van der Waals surface area contributed by atoms with Gasteiger partial charge >= 0.3 is 12.1 Å². The molecular weight excluding hydrogens is 346 g/mol. The second-order valence-electron chi connectivity index (χ2n) is 7.06. The van der Waals surface area contributed by atoms with Gasteiger partial charge in [-0.1, -0.05) is 6.07 Å². The van der Waals surface area contributed by atoms with E-state index in [1.807, 2.05) is 19.1 Å². The van der Waals surface area contributed by atoms with E-state index in [0.29, 0.717) is 17.0 Å². The van der Waals surface area contributed by atoms with Crippen LogP contribution < -0.4 is 10.1 Å². The van der Waals surface area contributed by atoms with Crippen LogP contribution in [0.2, 0.25) is 0 Å². The van der Waals surface area contributed by atoms with Crippen molar-refractivity contribution in [3.05, 3.63) is 47.5 Å². The molecule has 0 aliphatic rings. The third kappa shape index (κ3) is 5.23. The zero-order valence-electron chi connectivity index (χ0n) is 16.5. The van der Waals surface area contributed by atoms with E-state index < -0.39 is 17.7 Å². The topological polar surface area (TPSA) is 73.9 Å². The highest BCUT2D eigenvalue weighted by Gasteiger charge is 2.18. The highest BCUT2D eigenvalue weighted by Crippen LogP contribution is 2.30. The Morgan fingerprint density at radius 2 is 1.70 bits per heavy atom. The standard InChI is InChI=1S/C21H25NO5/c1-13-11-14(7-10-18(13)22-20(24)27-21(2,3)4)16-9-8-15(25-5)12-17(16)19(23)26-6/h7-12H,1-6H3,(H,22,24). The molecule has 144 valence electrons. The van der Waals surface area contributed by atoms with Gasteiger partial charge in [0.05, 0.1) is 19.8 Å². The number of ether oxygens (including phenoxy) is 3. The molecule has 27 heavy (non-hydrogen) atoms. The fourth-order valence-corrected chi connectivity index (χ4v) is 2.57. The van der Waals surface area contributed by atoms with Crippen LogP contribution in [-0.2, 0) is 9.47 Å². The summed E-state index contributed by atoms with van der Waals surface area (Å²) in [7, 11) is 2.88. The number of hydrogen-bond acceptors (Lipinski definition) is 5. The van der Waals surface area contributed by atoms with Crippen LogP contribution in [0.4, 0.5) is 10.5 Å². The van der Waals surface area contributed by atoms with Crippen molar-refractivity contribution >= 4 is 17.7 Å². The molecule has 0 heterocycles. The van der Waals surface area contributed by atoms with Crippen molar-refractivity contribution in [1.82, 2.24) is 0 Å². The molecule has 0 fully saturated rings. The molecule has 0 atom stereocenters. The zero-order chi connectivity index (χ0) is 20.2. The molecule has 2 rings (SSSR count). The normalized spacial score (nSPS) is 10.9. The molecule has 0 spiro atoms. The van der Waals surface area contributed by atoms with E-state index in [1.54, 1.807) is 45.0 Å². The van der Waals surface area contributed by atoms with E-state index in [-0.39, 0.29) is 0 Å². The highest BCUT2D eigenvalue weighted by atomic mass is 16.6. The van der Waals surface area contributed by atoms with Crippen molar-refractivity contribution in [3.8, 4) is 16.9 Å². The number of amides is 1. The lowest BCUT2D eigenvalue weighted by atomic mass is 9.97. The summed E-state index contributed by atoms with van der Waals surface area (Å²) >= 11 is 0. The van der Waals surface area contributed by atoms with Crippen LogP contribution in [0.15, 0.2) is 36.4 Å². The van der Waals surface area contributed by atoms with Crippen molar-refractivity contribution in [1.29, 1.82) is 0 Å². The van der Waals surface area contributed by atoms with E-state index in [1.165, 1.54) is 14.2 Å². The maximum Gasteiger partial charge on any atom is 0.412 e. The number of rotatable bonds is 4. The predicted molar refractivity (Wildman–Crippen MR) is 104 cm³/mol. The van der Waals surface area contributed by atoms with Gasteiger partial charge in [-0.05, 0) is 74.7 Å². The van der Waals surface area contributed by atoms with Crippen LogP contribution in [0.25, 0.3) is 11.1 Å². The number of methoxy groups -OCH3 is 2. The van der Waals surface area contributed by atoms with Gasteiger partial charge in [-0.15, -0.1) is 0 Å². The molecule has 6 heteroatoms. The van der Waals surface area contributed by atoms with Crippen LogP contribution in [0.5, 0.6) is 5.75 Å².